The number of benzene rings is 1. The minimum absolute atomic E-state index is 0.128. The third-order valence-corrected chi connectivity index (χ3v) is 6.71. The number of thiophene rings is 1. The Kier molecular flexibility index (Phi) is 5.39. The molecule has 5 rings (SSSR count). The maximum absolute atomic E-state index is 13.1. The number of aryl methyl sites for hydroxylation is 1. The van der Waals surface area contributed by atoms with Crippen molar-refractivity contribution in [3.63, 3.8) is 0 Å². The standard InChI is InChI=1S/C21H18N6O2S2/c1-14-6-8-15(9-7-14)26-21(22-24-25-26)31-13-20(28)27-17(18-4-2-10-29-18)12-16(23-27)19-5-3-11-30-19/h2-11,17H,12-13H2,1H3/t17-/m0/s1. The van der Waals surface area contributed by atoms with Gasteiger partial charge in [-0.25, -0.2) is 5.01 Å². The van der Waals surface area contributed by atoms with E-state index in [1.54, 1.807) is 22.3 Å². The van der Waals surface area contributed by atoms with Gasteiger partial charge in [0.2, 0.25) is 5.16 Å². The summed E-state index contributed by atoms with van der Waals surface area (Å²) in [6.07, 6.45) is 2.23. The number of carbonyl (C=O) groups is 1. The van der Waals surface area contributed by atoms with Crippen LogP contribution in [0.3, 0.4) is 0 Å². The smallest absolute Gasteiger partial charge is 0.253 e. The average molecular weight is 451 g/mol. The van der Waals surface area contributed by atoms with Gasteiger partial charge >= 0.3 is 0 Å². The van der Waals surface area contributed by atoms with Crippen molar-refractivity contribution in [1.29, 1.82) is 0 Å². The van der Waals surface area contributed by atoms with E-state index in [2.05, 4.69) is 20.6 Å². The molecule has 0 unspecified atom stereocenters. The van der Waals surface area contributed by atoms with E-state index in [0.29, 0.717) is 11.6 Å². The van der Waals surface area contributed by atoms with Crippen LogP contribution in [0.5, 0.6) is 0 Å². The molecular formula is C21H18N6O2S2. The van der Waals surface area contributed by atoms with Crippen molar-refractivity contribution in [2.75, 3.05) is 5.75 Å². The fourth-order valence-corrected chi connectivity index (χ4v) is 4.81. The van der Waals surface area contributed by atoms with Gasteiger partial charge < -0.3 is 4.42 Å². The topological polar surface area (TPSA) is 89.4 Å². The highest BCUT2D eigenvalue weighted by atomic mass is 32.2. The zero-order chi connectivity index (χ0) is 21.2. The number of thioether (sulfide) groups is 1. The molecule has 0 bridgehead atoms. The number of aromatic nitrogens is 4. The summed E-state index contributed by atoms with van der Waals surface area (Å²) in [5.74, 6) is 0.750. The average Bonchev–Trinajstić information content (AvgIpc) is 3.58. The number of amides is 1. The van der Waals surface area contributed by atoms with Crippen LogP contribution in [-0.2, 0) is 4.79 Å². The van der Waals surface area contributed by atoms with E-state index >= 15 is 0 Å². The third-order valence-electron chi connectivity index (χ3n) is 4.89. The summed E-state index contributed by atoms with van der Waals surface area (Å²) >= 11 is 2.89. The van der Waals surface area contributed by atoms with Gasteiger partial charge in [0.15, 0.2) is 0 Å². The molecule has 31 heavy (non-hydrogen) atoms. The summed E-state index contributed by atoms with van der Waals surface area (Å²) in [7, 11) is 0. The molecule has 0 spiro atoms. The molecule has 1 aliphatic heterocycles. The Bertz CT molecular complexity index is 1200. The second-order valence-electron chi connectivity index (χ2n) is 7.00. The number of rotatable bonds is 6. The normalized spacial score (nSPS) is 16.0. The van der Waals surface area contributed by atoms with Gasteiger partial charge in [0.25, 0.3) is 5.91 Å². The summed E-state index contributed by atoms with van der Waals surface area (Å²) in [6.45, 7) is 2.02. The Labute approximate surface area is 186 Å². The molecule has 3 aromatic heterocycles. The SMILES string of the molecule is Cc1ccc(-n2nnnc2SCC(=O)N2N=C(c3cccs3)C[C@H]2c2ccco2)cc1. The van der Waals surface area contributed by atoms with E-state index in [4.69, 9.17) is 4.42 Å². The highest BCUT2D eigenvalue weighted by Gasteiger charge is 2.35. The first-order valence-electron chi connectivity index (χ1n) is 9.64. The maximum Gasteiger partial charge on any atom is 0.253 e. The van der Waals surface area contributed by atoms with E-state index in [1.807, 2.05) is 60.8 Å². The number of furan rings is 1. The molecule has 1 aliphatic rings. The number of hydrogen-bond donors (Lipinski definition) is 0. The predicted molar refractivity (Wildman–Crippen MR) is 118 cm³/mol. The van der Waals surface area contributed by atoms with Crippen molar-refractivity contribution >= 4 is 34.7 Å². The molecule has 0 saturated heterocycles. The van der Waals surface area contributed by atoms with Crippen LogP contribution < -0.4 is 0 Å². The van der Waals surface area contributed by atoms with Crippen molar-refractivity contribution in [3.05, 3.63) is 76.4 Å². The van der Waals surface area contributed by atoms with Gasteiger partial charge in [-0.2, -0.15) is 9.78 Å². The van der Waals surface area contributed by atoms with Crippen LogP contribution >= 0.6 is 23.1 Å². The van der Waals surface area contributed by atoms with Crippen molar-refractivity contribution in [1.82, 2.24) is 25.2 Å². The lowest BCUT2D eigenvalue weighted by atomic mass is 10.1. The van der Waals surface area contributed by atoms with Gasteiger partial charge in [-0.05, 0) is 53.1 Å². The molecule has 0 fully saturated rings. The Morgan fingerprint density at radius 2 is 2.10 bits per heavy atom. The van der Waals surface area contributed by atoms with E-state index < -0.39 is 0 Å². The van der Waals surface area contributed by atoms with Crippen molar-refractivity contribution < 1.29 is 9.21 Å². The monoisotopic (exact) mass is 450 g/mol. The maximum atomic E-state index is 13.1. The first kappa shape index (κ1) is 19.7. The Hall–Kier alpha value is -3.24. The zero-order valence-electron chi connectivity index (χ0n) is 16.6. The van der Waals surface area contributed by atoms with Crippen LogP contribution in [0, 0.1) is 6.92 Å². The lowest BCUT2D eigenvalue weighted by Gasteiger charge is -2.19. The molecule has 0 N–H and O–H groups in total. The van der Waals surface area contributed by atoms with Gasteiger partial charge in [0.1, 0.15) is 11.8 Å². The van der Waals surface area contributed by atoms with Crippen LogP contribution in [-0.4, -0.2) is 42.6 Å². The van der Waals surface area contributed by atoms with Gasteiger partial charge in [-0.15, -0.1) is 16.4 Å². The Morgan fingerprint density at radius 3 is 2.84 bits per heavy atom. The van der Waals surface area contributed by atoms with Crippen LogP contribution in [0.15, 0.2) is 74.8 Å². The van der Waals surface area contributed by atoms with Crippen molar-refractivity contribution in [2.45, 2.75) is 24.5 Å². The van der Waals surface area contributed by atoms with Gasteiger partial charge in [-0.1, -0.05) is 35.5 Å². The zero-order valence-corrected chi connectivity index (χ0v) is 18.2. The Morgan fingerprint density at radius 1 is 1.23 bits per heavy atom. The molecule has 8 nitrogen and oxygen atoms in total. The van der Waals surface area contributed by atoms with Crippen LogP contribution in [0.4, 0.5) is 0 Å². The second kappa shape index (κ2) is 8.48. The van der Waals surface area contributed by atoms with Crippen LogP contribution in [0.25, 0.3) is 5.69 Å². The lowest BCUT2D eigenvalue weighted by Crippen LogP contribution is -2.28. The van der Waals surface area contributed by atoms with E-state index in [-0.39, 0.29) is 17.7 Å². The van der Waals surface area contributed by atoms with Gasteiger partial charge in [0.05, 0.1) is 28.3 Å². The molecular weight excluding hydrogens is 432 g/mol. The van der Waals surface area contributed by atoms with E-state index in [1.165, 1.54) is 16.8 Å². The molecule has 156 valence electrons. The minimum Gasteiger partial charge on any atom is -0.467 e. The highest BCUT2D eigenvalue weighted by Crippen LogP contribution is 2.34. The number of carbonyl (C=O) groups excluding carboxylic acids is 1. The Balaban J connectivity index is 1.34. The summed E-state index contributed by atoms with van der Waals surface area (Å²) in [5.41, 5.74) is 2.89. The van der Waals surface area contributed by atoms with Gasteiger partial charge in [-0.3, -0.25) is 4.79 Å². The third kappa shape index (κ3) is 4.04. The number of hydrazone groups is 1. The van der Waals surface area contributed by atoms with E-state index in [0.717, 1.165) is 27.6 Å². The molecule has 0 radical (unpaired) electrons. The fourth-order valence-electron chi connectivity index (χ4n) is 3.34. The van der Waals surface area contributed by atoms with Crippen molar-refractivity contribution in [3.8, 4) is 5.69 Å². The van der Waals surface area contributed by atoms with Crippen LogP contribution in [0.1, 0.15) is 28.7 Å². The largest absolute Gasteiger partial charge is 0.467 e. The minimum atomic E-state index is -0.256. The van der Waals surface area contributed by atoms with Crippen LogP contribution in [0.2, 0.25) is 0 Å². The summed E-state index contributed by atoms with van der Waals surface area (Å²) in [4.78, 5) is 14.2. The molecule has 4 aromatic rings. The molecule has 1 atom stereocenters. The fraction of sp³-hybridized carbons (Fsp3) is 0.190. The first-order valence-corrected chi connectivity index (χ1v) is 11.5. The molecule has 10 heteroatoms. The first-order chi connectivity index (χ1) is 15.2. The van der Waals surface area contributed by atoms with Gasteiger partial charge in [0, 0.05) is 6.42 Å². The highest BCUT2D eigenvalue weighted by molar-refractivity contribution is 7.99. The van der Waals surface area contributed by atoms with Crippen molar-refractivity contribution in [2.24, 2.45) is 5.10 Å². The molecule has 1 amide bonds. The summed E-state index contributed by atoms with van der Waals surface area (Å²) in [6, 6.07) is 15.3. The molecule has 0 saturated carbocycles. The summed E-state index contributed by atoms with van der Waals surface area (Å²) in [5, 5.41) is 20.6. The molecule has 1 aromatic carbocycles. The lowest BCUT2D eigenvalue weighted by molar-refractivity contribution is -0.130. The second-order valence-corrected chi connectivity index (χ2v) is 8.89. The summed E-state index contributed by atoms with van der Waals surface area (Å²) < 4.78 is 7.22. The van der Waals surface area contributed by atoms with E-state index in [9.17, 15) is 4.79 Å². The number of tetrazole rings is 1. The molecule has 4 heterocycles. The number of hydrogen-bond acceptors (Lipinski definition) is 8. The number of nitrogens with zero attached hydrogens (tertiary/aromatic N) is 6. The molecule has 0 aliphatic carbocycles. The quantitative estimate of drug-likeness (QED) is 0.411. The predicted octanol–water partition coefficient (Wildman–Crippen LogP) is 4.10.